The molecule has 2 aliphatic heterocycles. The van der Waals surface area contributed by atoms with Crippen molar-refractivity contribution in [3.8, 4) is 0 Å². The van der Waals surface area contributed by atoms with Crippen molar-refractivity contribution in [2.75, 3.05) is 55.3 Å². The minimum Gasteiger partial charge on any atom is -0.442 e. The Morgan fingerprint density at radius 1 is 1.09 bits per heavy atom. The van der Waals surface area contributed by atoms with E-state index in [2.05, 4.69) is 5.32 Å². The van der Waals surface area contributed by atoms with Crippen LogP contribution in [0.25, 0.3) is 0 Å². The maximum Gasteiger partial charge on any atom is 0.414 e. The maximum absolute atomic E-state index is 15.0. The Kier molecular flexibility index (Phi) is 7.20. The highest BCUT2D eigenvalue weighted by Gasteiger charge is 2.33. The molecule has 0 radical (unpaired) electrons. The number of thioether (sulfide) groups is 1. The number of hydrogen-bond donors (Lipinski definition) is 1. The summed E-state index contributed by atoms with van der Waals surface area (Å²) in [5.41, 5.74) is 1.17. The van der Waals surface area contributed by atoms with Crippen LogP contribution in [0.2, 0.25) is 0 Å². The van der Waals surface area contributed by atoms with Crippen LogP contribution >= 0.6 is 11.8 Å². The second-order valence-electron chi connectivity index (χ2n) is 7.91. The number of cyclic esters (lactones) is 1. The van der Waals surface area contributed by atoms with Gasteiger partial charge in [0.05, 0.1) is 24.5 Å². The normalized spacial score (nSPS) is 18.1. The number of anilines is 2. The molecule has 0 aliphatic carbocycles. The van der Waals surface area contributed by atoms with E-state index in [0.717, 1.165) is 11.8 Å². The van der Waals surface area contributed by atoms with Crippen LogP contribution in [0.15, 0.2) is 42.5 Å². The number of halogens is 2. The number of rotatable bonds is 5. The number of carbonyl (C=O) groups excluding carboxylic acids is 3. The Hall–Kier alpha value is -3.34. The standard InChI is InChI=1S/C23H24F2N4O4S/c1-34-22(31)26-13-18-14-29(23(32)33-18)17-6-7-20(19(25)12-17)27-8-10-28(11-9-27)21(30)15-2-4-16(24)5-3-15/h2-7,12,18H,8-11,13-14H2,1H3,(H,26,31)/t18-/m0/s1. The molecule has 2 saturated heterocycles. The highest BCUT2D eigenvalue weighted by Crippen LogP contribution is 2.28. The number of hydrogen-bond acceptors (Lipinski definition) is 6. The van der Waals surface area contributed by atoms with Crippen LogP contribution in [-0.4, -0.2) is 73.8 Å². The van der Waals surface area contributed by atoms with Crippen LogP contribution in [0.3, 0.4) is 0 Å². The Balaban J connectivity index is 1.35. The molecule has 1 N–H and O–H groups in total. The topological polar surface area (TPSA) is 82.2 Å². The van der Waals surface area contributed by atoms with Crippen molar-refractivity contribution in [1.82, 2.24) is 10.2 Å². The Labute approximate surface area is 199 Å². The van der Waals surface area contributed by atoms with Gasteiger partial charge in [0, 0.05) is 31.7 Å². The summed E-state index contributed by atoms with van der Waals surface area (Å²) in [4.78, 5) is 41.1. The van der Waals surface area contributed by atoms with Crippen LogP contribution in [-0.2, 0) is 4.74 Å². The first kappa shape index (κ1) is 23.8. The smallest absolute Gasteiger partial charge is 0.414 e. The minimum absolute atomic E-state index is 0.184. The number of piperazine rings is 1. The van der Waals surface area contributed by atoms with Crippen LogP contribution in [0.1, 0.15) is 10.4 Å². The van der Waals surface area contributed by atoms with Gasteiger partial charge in [-0.1, -0.05) is 11.8 Å². The van der Waals surface area contributed by atoms with Gasteiger partial charge in [0.25, 0.3) is 11.1 Å². The molecule has 0 bridgehead atoms. The van der Waals surface area contributed by atoms with E-state index in [9.17, 15) is 23.2 Å². The fourth-order valence-electron chi connectivity index (χ4n) is 3.95. The molecule has 3 amide bonds. The zero-order valence-corrected chi connectivity index (χ0v) is 19.3. The monoisotopic (exact) mass is 490 g/mol. The summed E-state index contributed by atoms with van der Waals surface area (Å²) >= 11 is 1.03. The summed E-state index contributed by atoms with van der Waals surface area (Å²) in [6, 6.07) is 9.95. The molecule has 8 nitrogen and oxygen atoms in total. The van der Waals surface area contributed by atoms with Crippen molar-refractivity contribution in [3.05, 3.63) is 59.7 Å². The van der Waals surface area contributed by atoms with E-state index in [4.69, 9.17) is 4.74 Å². The van der Waals surface area contributed by atoms with E-state index in [1.54, 1.807) is 23.3 Å². The molecule has 2 aromatic carbocycles. The number of nitrogens with zero attached hydrogens (tertiary/aromatic N) is 3. The van der Waals surface area contributed by atoms with E-state index in [-0.39, 0.29) is 24.2 Å². The summed E-state index contributed by atoms with van der Waals surface area (Å²) in [5, 5.41) is 2.43. The van der Waals surface area contributed by atoms with Gasteiger partial charge < -0.3 is 19.9 Å². The van der Waals surface area contributed by atoms with Gasteiger partial charge in [-0.05, 0) is 48.7 Å². The molecule has 0 unspecified atom stereocenters. The zero-order valence-electron chi connectivity index (χ0n) is 18.5. The van der Waals surface area contributed by atoms with Crippen molar-refractivity contribution >= 4 is 40.4 Å². The third-order valence-electron chi connectivity index (χ3n) is 5.78. The molecule has 0 spiro atoms. The predicted octanol–water partition coefficient (Wildman–Crippen LogP) is 3.33. The van der Waals surface area contributed by atoms with Crippen LogP contribution in [0.5, 0.6) is 0 Å². The van der Waals surface area contributed by atoms with Crippen molar-refractivity contribution < 1.29 is 27.9 Å². The minimum atomic E-state index is -0.594. The second-order valence-corrected chi connectivity index (χ2v) is 8.69. The van der Waals surface area contributed by atoms with Crippen LogP contribution < -0.4 is 15.1 Å². The molecule has 11 heteroatoms. The fraction of sp³-hybridized carbons (Fsp3) is 0.348. The van der Waals surface area contributed by atoms with Gasteiger partial charge in [-0.2, -0.15) is 0 Å². The molecule has 2 fully saturated rings. The van der Waals surface area contributed by atoms with Gasteiger partial charge >= 0.3 is 6.09 Å². The SMILES string of the molecule is CSC(=O)NC[C@H]1CN(c2ccc(N3CCN(C(=O)c4ccc(F)cc4)CC3)c(F)c2)C(=O)O1. The lowest BCUT2D eigenvalue weighted by atomic mass is 10.1. The van der Waals surface area contributed by atoms with Gasteiger partial charge in [0.2, 0.25) is 0 Å². The largest absolute Gasteiger partial charge is 0.442 e. The maximum atomic E-state index is 15.0. The van der Waals surface area contributed by atoms with E-state index < -0.39 is 23.8 Å². The fourth-order valence-corrected chi connectivity index (χ4v) is 4.18. The van der Waals surface area contributed by atoms with E-state index in [1.807, 2.05) is 4.90 Å². The van der Waals surface area contributed by atoms with Gasteiger partial charge in [0.15, 0.2) is 0 Å². The average Bonchev–Trinajstić information content (AvgIpc) is 3.23. The molecule has 180 valence electrons. The summed E-state index contributed by atoms with van der Waals surface area (Å²) in [7, 11) is 0. The average molecular weight is 491 g/mol. The first-order valence-electron chi connectivity index (χ1n) is 10.7. The number of nitrogens with one attached hydrogen (secondary N) is 1. The number of ether oxygens (including phenoxy) is 1. The number of benzene rings is 2. The molecule has 4 rings (SSSR count). The van der Waals surface area contributed by atoms with Crippen molar-refractivity contribution in [2.45, 2.75) is 6.10 Å². The molecular weight excluding hydrogens is 466 g/mol. The highest BCUT2D eigenvalue weighted by molar-refractivity contribution is 8.12. The van der Waals surface area contributed by atoms with Crippen LogP contribution in [0.4, 0.5) is 29.7 Å². The first-order chi connectivity index (χ1) is 16.4. The lowest BCUT2D eigenvalue weighted by molar-refractivity contribution is 0.0746. The predicted molar refractivity (Wildman–Crippen MR) is 125 cm³/mol. The molecule has 1 atom stereocenters. The van der Waals surface area contributed by atoms with Crippen LogP contribution in [0, 0.1) is 11.6 Å². The van der Waals surface area contributed by atoms with E-state index in [0.29, 0.717) is 43.1 Å². The van der Waals surface area contributed by atoms with E-state index in [1.165, 1.54) is 35.2 Å². The summed E-state index contributed by atoms with van der Waals surface area (Å²) in [6.07, 6.45) is 0.539. The summed E-state index contributed by atoms with van der Waals surface area (Å²) in [6.45, 7) is 2.07. The van der Waals surface area contributed by atoms with E-state index >= 15 is 0 Å². The molecule has 34 heavy (non-hydrogen) atoms. The van der Waals surface area contributed by atoms with Crippen molar-refractivity contribution in [3.63, 3.8) is 0 Å². The summed E-state index contributed by atoms with van der Waals surface area (Å²) in [5.74, 6) is -1.07. The third-order valence-corrected chi connectivity index (χ3v) is 6.29. The molecule has 0 saturated carbocycles. The lowest BCUT2D eigenvalue weighted by Gasteiger charge is -2.36. The van der Waals surface area contributed by atoms with Gasteiger partial charge in [-0.15, -0.1) is 0 Å². The highest BCUT2D eigenvalue weighted by atomic mass is 32.2. The van der Waals surface area contributed by atoms with Crippen molar-refractivity contribution in [2.24, 2.45) is 0 Å². The molecule has 2 heterocycles. The summed E-state index contributed by atoms with van der Waals surface area (Å²) < 4.78 is 33.3. The van der Waals surface area contributed by atoms with Crippen molar-refractivity contribution in [1.29, 1.82) is 0 Å². The Morgan fingerprint density at radius 3 is 2.44 bits per heavy atom. The Morgan fingerprint density at radius 2 is 1.79 bits per heavy atom. The lowest BCUT2D eigenvalue weighted by Crippen LogP contribution is -2.49. The Bertz CT molecular complexity index is 1080. The van der Waals surface area contributed by atoms with Gasteiger partial charge in [-0.3, -0.25) is 14.5 Å². The van der Waals surface area contributed by atoms with Gasteiger partial charge in [0.1, 0.15) is 17.7 Å². The quantitative estimate of drug-likeness (QED) is 0.693. The second kappa shape index (κ2) is 10.3. The molecular formula is C23H24F2N4O4S. The molecule has 0 aromatic heterocycles. The zero-order chi connectivity index (χ0) is 24.2. The number of amides is 3. The third kappa shape index (κ3) is 5.24. The molecule has 2 aliphatic rings. The number of carbonyl (C=O) groups is 3. The first-order valence-corrected chi connectivity index (χ1v) is 12.0. The molecule has 2 aromatic rings. The van der Waals surface area contributed by atoms with Gasteiger partial charge in [-0.25, -0.2) is 13.6 Å².